The van der Waals surface area contributed by atoms with Gasteiger partial charge in [0.05, 0.1) is 24.8 Å². The summed E-state index contributed by atoms with van der Waals surface area (Å²) in [4.78, 5) is 33.4. The molecule has 172 valence electrons. The molecule has 0 radical (unpaired) electrons. The van der Waals surface area contributed by atoms with E-state index in [0.717, 1.165) is 5.39 Å². The molecule has 0 aliphatic carbocycles. The molecule has 1 saturated heterocycles. The van der Waals surface area contributed by atoms with Crippen LogP contribution in [0.15, 0.2) is 48.7 Å². The SMILES string of the molecule is COc1ccc(C(=O)N2CCN(C(=O)COc3ccc(Cl)c4cccnc34)CC2)c(OC)c1. The fourth-order valence-electron chi connectivity index (χ4n) is 3.76. The number of pyridine rings is 1. The van der Waals surface area contributed by atoms with Crippen molar-refractivity contribution >= 4 is 34.3 Å². The fourth-order valence-corrected chi connectivity index (χ4v) is 3.98. The summed E-state index contributed by atoms with van der Waals surface area (Å²) in [5.41, 5.74) is 1.07. The minimum Gasteiger partial charge on any atom is -0.497 e. The number of piperazine rings is 1. The van der Waals surface area contributed by atoms with Crippen LogP contribution in [0.2, 0.25) is 5.02 Å². The molecule has 1 fully saturated rings. The van der Waals surface area contributed by atoms with Crippen molar-refractivity contribution in [2.45, 2.75) is 0 Å². The zero-order valence-electron chi connectivity index (χ0n) is 18.4. The molecule has 0 spiro atoms. The topological polar surface area (TPSA) is 81.2 Å². The molecule has 2 aromatic carbocycles. The minimum absolute atomic E-state index is 0.118. The van der Waals surface area contributed by atoms with E-state index in [2.05, 4.69) is 4.98 Å². The van der Waals surface area contributed by atoms with Gasteiger partial charge in [0, 0.05) is 43.8 Å². The van der Waals surface area contributed by atoms with Crippen molar-refractivity contribution in [1.82, 2.24) is 14.8 Å². The third-order valence-electron chi connectivity index (χ3n) is 5.59. The molecule has 2 heterocycles. The van der Waals surface area contributed by atoms with Gasteiger partial charge in [0.2, 0.25) is 0 Å². The molecule has 2 amide bonds. The summed E-state index contributed by atoms with van der Waals surface area (Å²) in [5.74, 6) is 1.28. The summed E-state index contributed by atoms with van der Waals surface area (Å²) in [5, 5.41) is 1.34. The first-order chi connectivity index (χ1) is 16.0. The maximum atomic E-state index is 13.0. The lowest BCUT2D eigenvalue weighted by Gasteiger charge is -2.35. The first kappa shape index (κ1) is 22.7. The Labute approximate surface area is 196 Å². The standard InChI is InChI=1S/C24H24ClN3O5/c1-31-16-5-6-18(21(14-16)32-2)24(30)28-12-10-27(11-13-28)22(29)15-33-20-8-7-19(25)17-4-3-9-26-23(17)20/h3-9,14H,10-13,15H2,1-2H3. The number of aromatic nitrogens is 1. The molecule has 0 atom stereocenters. The summed E-state index contributed by atoms with van der Waals surface area (Å²) >= 11 is 6.21. The van der Waals surface area contributed by atoms with Gasteiger partial charge in [-0.2, -0.15) is 0 Å². The van der Waals surface area contributed by atoms with Crippen LogP contribution in [0.3, 0.4) is 0 Å². The van der Waals surface area contributed by atoms with Crippen LogP contribution in [0.25, 0.3) is 10.9 Å². The molecule has 9 heteroatoms. The number of ether oxygens (including phenoxy) is 3. The van der Waals surface area contributed by atoms with E-state index < -0.39 is 0 Å². The molecule has 1 aliphatic heterocycles. The molecule has 33 heavy (non-hydrogen) atoms. The normalized spacial score (nSPS) is 13.7. The number of carbonyl (C=O) groups excluding carboxylic acids is 2. The Morgan fingerprint density at radius 2 is 1.73 bits per heavy atom. The Bertz CT molecular complexity index is 1180. The van der Waals surface area contributed by atoms with Crippen LogP contribution in [0, 0.1) is 0 Å². The van der Waals surface area contributed by atoms with E-state index in [1.807, 2.05) is 6.07 Å². The van der Waals surface area contributed by atoms with Crippen LogP contribution < -0.4 is 14.2 Å². The zero-order valence-corrected chi connectivity index (χ0v) is 19.2. The molecule has 8 nitrogen and oxygen atoms in total. The van der Waals surface area contributed by atoms with E-state index in [-0.39, 0.29) is 18.4 Å². The largest absolute Gasteiger partial charge is 0.497 e. The molecule has 1 aliphatic rings. The van der Waals surface area contributed by atoms with Gasteiger partial charge in [0.1, 0.15) is 22.8 Å². The second kappa shape index (κ2) is 9.95. The Kier molecular flexibility index (Phi) is 6.84. The Balaban J connectivity index is 1.35. The highest BCUT2D eigenvalue weighted by molar-refractivity contribution is 6.35. The zero-order chi connectivity index (χ0) is 23.4. The third-order valence-corrected chi connectivity index (χ3v) is 5.92. The average Bonchev–Trinajstić information content (AvgIpc) is 2.87. The lowest BCUT2D eigenvalue weighted by atomic mass is 10.1. The van der Waals surface area contributed by atoms with Crippen molar-refractivity contribution in [3.8, 4) is 17.2 Å². The second-order valence-electron chi connectivity index (χ2n) is 7.47. The van der Waals surface area contributed by atoms with Gasteiger partial charge in [-0.05, 0) is 36.4 Å². The highest BCUT2D eigenvalue weighted by Gasteiger charge is 2.27. The van der Waals surface area contributed by atoms with Gasteiger partial charge in [0.25, 0.3) is 11.8 Å². The summed E-state index contributed by atoms with van der Waals surface area (Å²) in [6.07, 6.45) is 1.65. The molecular formula is C24H24ClN3O5. The van der Waals surface area contributed by atoms with Crippen molar-refractivity contribution in [2.75, 3.05) is 47.0 Å². The van der Waals surface area contributed by atoms with Gasteiger partial charge >= 0.3 is 0 Å². The van der Waals surface area contributed by atoms with Crippen molar-refractivity contribution in [2.24, 2.45) is 0 Å². The van der Waals surface area contributed by atoms with Gasteiger partial charge in [-0.3, -0.25) is 14.6 Å². The first-order valence-electron chi connectivity index (χ1n) is 10.5. The number of hydrogen-bond donors (Lipinski definition) is 0. The number of benzene rings is 2. The number of amides is 2. The maximum absolute atomic E-state index is 13.0. The number of carbonyl (C=O) groups is 2. The predicted molar refractivity (Wildman–Crippen MR) is 124 cm³/mol. The van der Waals surface area contributed by atoms with Gasteiger partial charge in [-0.25, -0.2) is 0 Å². The molecule has 3 aromatic rings. The number of fused-ring (bicyclic) bond motifs is 1. The minimum atomic E-state index is -0.150. The monoisotopic (exact) mass is 469 g/mol. The van der Waals surface area contributed by atoms with Crippen LogP contribution in [-0.2, 0) is 4.79 Å². The van der Waals surface area contributed by atoms with Crippen molar-refractivity contribution < 1.29 is 23.8 Å². The molecule has 0 saturated carbocycles. The van der Waals surface area contributed by atoms with Gasteiger partial charge in [-0.1, -0.05) is 11.6 Å². The average molecular weight is 470 g/mol. The lowest BCUT2D eigenvalue weighted by molar-refractivity contribution is -0.134. The van der Waals surface area contributed by atoms with E-state index in [4.69, 9.17) is 25.8 Å². The molecule has 1 aromatic heterocycles. The Morgan fingerprint density at radius 1 is 0.970 bits per heavy atom. The van der Waals surface area contributed by atoms with Gasteiger partial charge < -0.3 is 24.0 Å². The first-order valence-corrected chi connectivity index (χ1v) is 10.8. The van der Waals surface area contributed by atoms with E-state index in [9.17, 15) is 9.59 Å². The summed E-state index contributed by atoms with van der Waals surface area (Å²) in [6, 6.07) is 12.2. The van der Waals surface area contributed by atoms with Crippen molar-refractivity contribution in [3.05, 3.63) is 59.2 Å². The van der Waals surface area contributed by atoms with E-state index in [1.165, 1.54) is 7.11 Å². The number of rotatable bonds is 6. The smallest absolute Gasteiger partial charge is 0.260 e. The van der Waals surface area contributed by atoms with E-state index >= 15 is 0 Å². The van der Waals surface area contributed by atoms with Crippen LogP contribution in [0.5, 0.6) is 17.2 Å². The summed E-state index contributed by atoms with van der Waals surface area (Å²) < 4.78 is 16.3. The summed E-state index contributed by atoms with van der Waals surface area (Å²) in [6.45, 7) is 1.57. The predicted octanol–water partition coefficient (Wildman–Crippen LogP) is 3.27. The highest BCUT2D eigenvalue weighted by Crippen LogP contribution is 2.30. The van der Waals surface area contributed by atoms with Crippen molar-refractivity contribution in [3.63, 3.8) is 0 Å². The third kappa shape index (κ3) is 4.80. The van der Waals surface area contributed by atoms with Crippen molar-refractivity contribution in [1.29, 1.82) is 0 Å². The van der Waals surface area contributed by atoms with Crippen LogP contribution >= 0.6 is 11.6 Å². The van der Waals surface area contributed by atoms with E-state index in [1.54, 1.807) is 59.5 Å². The molecule has 0 unspecified atom stereocenters. The van der Waals surface area contributed by atoms with Crippen LogP contribution in [0.1, 0.15) is 10.4 Å². The Hall–Kier alpha value is -3.52. The fraction of sp³-hybridized carbons (Fsp3) is 0.292. The van der Waals surface area contributed by atoms with Gasteiger partial charge in [0.15, 0.2) is 6.61 Å². The lowest BCUT2D eigenvalue weighted by Crippen LogP contribution is -2.51. The molecular weight excluding hydrogens is 446 g/mol. The number of nitrogens with zero attached hydrogens (tertiary/aromatic N) is 3. The molecule has 4 rings (SSSR count). The molecule has 0 N–H and O–H groups in total. The van der Waals surface area contributed by atoms with Gasteiger partial charge in [-0.15, -0.1) is 0 Å². The van der Waals surface area contributed by atoms with Crippen LogP contribution in [-0.4, -0.2) is 73.6 Å². The van der Waals surface area contributed by atoms with E-state index in [0.29, 0.717) is 59.5 Å². The quantitative estimate of drug-likeness (QED) is 0.551. The van der Waals surface area contributed by atoms with Crippen LogP contribution in [0.4, 0.5) is 0 Å². The number of hydrogen-bond acceptors (Lipinski definition) is 6. The highest BCUT2D eigenvalue weighted by atomic mass is 35.5. The second-order valence-corrected chi connectivity index (χ2v) is 7.88. The number of methoxy groups -OCH3 is 2. The Morgan fingerprint density at radius 3 is 2.45 bits per heavy atom. The molecule has 0 bridgehead atoms. The maximum Gasteiger partial charge on any atom is 0.260 e. The summed E-state index contributed by atoms with van der Waals surface area (Å²) in [7, 11) is 3.07. The number of halogens is 1.